The minimum atomic E-state index is -4.60. The molecule has 6 nitrogen and oxygen atoms in total. The van der Waals surface area contributed by atoms with Gasteiger partial charge in [0, 0.05) is 12.4 Å². The second-order valence-electron chi connectivity index (χ2n) is 5.68. The standard InChI is InChI=1S/C17H9Cl3F3N3O3S/c18-10-6-14(15(20)24-8-10)26-30(27,28)12-3-1-11(2-4-12)29-16-13(19)5-9(7-25-16)17(21,22)23/h1-8,26H. The fraction of sp³-hybridized carbons (Fsp3) is 0.0588. The van der Waals surface area contributed by atoms with E-state index in [-0.39, 0.29) is 37.4 Å². The van der Waals surface area contributed by atoms with Crippen molar-refractivity contribution in [2.45, 2.75) is 11.1 Å². The highest BCUT2D eigenvalue weighted by Gasteiger charge is 2.31. The van der Waals surface area contributed by atoms with Crippen LogP contribution in [-0.2, 0) is 16.2 Å². The highest BCUT2D eigenvalue weighted by atomic mass is 35.5. The van der Waals surface area contributed by atoms with Gasteiger partial charge in [0.25, 0.3) is 10.0 Å². The van der Waals surface area contributed by atoms with Gasteiger partial charge in [0.2, 0.25) is 5.88 Å². The number of halogens is 6. The number of sulfonamides is 1. The smallest absolute Gasteiger partial charge is 0.417 e. The van der Waals surface area contributed by atoms with Crippen molar-refractivity contribution in [2.75, 3.05) is 4.72 Å². The summed E-state index contributed by atoms with van der Waals surface area (Å²) < 4.78 is 70.6. The van der Waals surface area contributed by atoms with E-state index in [9.17, 15) is 21.6 Å². The zero-order chi connectivity index (χ0) is 22.1. The molecule has 0 radical (unpaired) electrons. The van der Waals surface area contributed by atoms with Gasteiger partial charge in [0.1, 0.15) is 10.8 Å². The molecule has 2 aromatic heterocycles. The number of pyridine rings is 2. The molecule has 0 amide bonds. The molecule has 0 aliphatic heterocycles. The Balaban J connectivity index is 1.78. The van der Waals surface area contributed by atoms with E-state index in [2.05, 4.69) is 14.7 Å². The molecule has 13 heteroatoms. The predicted molar refractivity (Wildman–Crippen MR) is 106 cm³/mol. The van der Waals surface area contributed by atoms with Gasteiger partial charge in [-0.25, -0.2) is 18.4 Å². The Morgan fingerprint density at radius 2 is 1.63 bits per heavy atom. The molecule has 0 spiro atoms. The Labute approximate surface area is 183 Å². The molecule has 0 fully saturated rings. The van der Waals surface area contributed by atoms with Gasteiger partial charge < -0.3 is 4.74 Å². The lowest BCUT2D eigenvalue weighted by molar-refractivity contribution is -0.137. The molecule has 1 aromatic carbocycles. The van der Waals surface area contributed by atoms with Crippen molar-refractivity contribution in [3.8, 4) is 11.6 Å². The number of nitrogens with one attached hydrogen (secondary N) is 1. The Hall–Kier alpha value is -2.27. The van der Waals surface area contributed by atoms with Crippen LogP contribution in [0.1, 0.15) is 5.56 Å². The second-order valence-corrected chi connectivity index (χ2v) is 8.56. The lowest BCUT2D eigenvalue weighted by atomic mass is 10.3. The van der Waals surface area contributed by atoms with E-state index in [4.69, 9.17) is 39.5 Å². The first-order valence-electron chi connectivity index (χ1n) is 7.80. The molecular formula is C17H9Cl3F3N3O3S. The van der Waals surface area contributed by atoms with Gasteiger partial charge in [-0.15, -0.1) is 0 Å². The summed E-state index contributed by atoms with van der Waals surface area (Å²) in [5.41, 5.74) is -1.04. The van der Waals surface area contributed by atoms with E-state index < -0.39 is 21.8 Å². The molecule has 0 unspecified atom stereocenters. The van der Waals surface area contributed by atoms with Crippen LogP contribution in [0.4, 0.5) is 18.9 Å². The Kier molecular flexibility index (Phi) is 6.32. The molecule has 0 saturated carbocycles. The van der Waals surface area contributed by atoms with Crippen LogP contribution in [0.15, 0.2) is 53.7 Å². The lowest BCUT2D eigenvalue weighted by Gasteiger charge is -2.11. The van der Waals surface area contributed by atoms with E-state index >= 15 is 0 Å². The number of rotatable bonds is 5. The number of aromatic nitrogens is 2. The molecule has 3 aromatic rings. The summed E-state index contributed by atoms with van der Waals surface area (Å²) in [5, 5.41) is -0.265. The number of nitrogens with zero attached hydrogens (tertiary/aromatic N) is 2. The first kappa shape index (κ1) is 22.4. The van der Waals surface area contributed by atoms with E-state index in [0.29, 0.717) is 12.3 Å². The van der Waals surface area contributed by atoms with Crippen molar-refractivity contribution < 1.29 is 26.3 Å². The molecule has 0 aliphatic carbocycles. The Bertz CT molecular complexity index is 1190. The molecule has 158 valence electrons. The molecule has 30 heavy (non-hydrogen) atoms. The molecular weight excluding hydrogens is 490 g/mol. The van der Waals surface area contributed by atoms with Crippen LogP contribution in [0.2, 0.25) is 15.2 Å². The molecule has 0 saturated heterocycles. The Morgan fingerprint density at radius 3 is 2.23 bits per heavy atom. The maximum Gasteiger partial charge on any atom is 0.417 e. The van der Waals surface area contributed by atoms with Crippen LogP contribution in [0.3, 0.4) is 0 Å². The zero-order valence-electron chi connectivity index (χ0n) is 14.4. The lowest BCUT2D eigenvalue weighted by Crippen LogP contribution is -2.13. The van der Waals surface area contributed by atoms with E-state index in [1.165, 1.54) is 36.5 Å². The van der Waals surface area contributed by atoms with Crippen molar-refractivity contribution in [3.63, 3.8) is 0 Å². The van der Waals surface area contributed by atoms with Crippen molar-refractivity contribution in [3.05, 3.63) is 69.6 Å². The molecule has 3 rings (SSSR count). The summed E-state index contributed by atoms with van der Waals surface area (Å²) >= 11 is 17.4. The number of ether oxygens (including phenoxy) is 1. The van der Waals surface area contributed by atoms with Gasteiger partial charge in [-0.1, -0.05) is 34.8 Å². The van der Waals surface area contributed by atoms with Crippen LogP contribution in [0.25, 0.3) is 0 Å². The fourth-order valence-electron chi connectivity index (χ4n) is 2.15. The van der Waals surface area contributed by atoms with Crippen LogP contribution >= 0.6 is 34.8 Å². The topological polar surface area (TPSA) is 81.2 Å². The minimum absolute atomic E-state index is 0.00905. The van der Waals surface area contributed by atoms with Crippen LogP contribution in [-0.4, -0.2) is 18.4 Å². The summed E-state index contributed by atoms with van der Waals surface area (Å²) in [6.07, 6.45) is -2.76. The summed E-state index contributed by atoms with van der Waals surface area (Å²) in [4.78, 5) is 7.15. The minimum Gasteiger partial charge on any atom is -0.438 e. The maximum absolute atomic E-state index is 12.7. The normalized spacial score (nSPS) is 11.9. The molecule has 0 atom stereocenters. The van der Waals surface area contributed by atoms with Crippen molar-refractivity contribution in [1.29, 1.82) is 0 Å². The van der Waals surface area contributed by atoms with Gasteiger partial charge in [-0.2, -0.15) is 13.2 Å². The number of hydrogen-bond donors (Lipinski definition) is 1. The molecule has 0 bridgehead atoms. The van der Waals surface area contributed by atoms with Gasteiger partial charge >= 0.3 is 6.18 Å². The van der Waals surface area contributed by atoms with E-state index in [1.807, 2.05) is 0 Å². The van der Waals surface area contributed by atoms with Gasteiger partial charge in [-0.05, 0) is 36.4 Å². The highest BCUT2D eigenvalue weighted by Crippen LogP contribution is 2.35. The third-order valence-corrected chi connectivity index (χ3v) is 5.69. The monoisotopic (exact) mass is 497 g/mol. The third-order valence-electron chi connectivity index (χ3n) is 3.53. The number of alkyl halides is 3. The average Bonchev–Trinajstić information content (AvgIpc) is 2.66. The summed E-state index contributed by atoms with van der Waals surface area (Å²) in [6.45, 7) is 0. The van der Waals surface area contributed by atoms with Crippen LogP contribution in [0, 0.1) is 0 Å². The number of benzene rings is 1. The van der Waals surface area contributed by atoms with Crippen molar-refractivity contribution in [1.82, 2.24) is 9.97 Å². The quantitative estimate of drug-likeness (QED) is 0.433. The van der Waals surface area contributed by atoms with Gasteiger partial charge in [0.15, 0.2) is 5.15 Å². The third kappa shape index (κ3) is 5.25. The zero-order valence-corrected chi connectivity index (χ0v) is 17.5. The fourth-order valence-corrected chi connectivity index (χ4v) is 3.78. The van der Waals surface area contributed by atoms with Gasteiger partial charge in [-0.3, -0.25) is 4.72 Å². The first-order valence-corrected chi connectivity index (χ1v) is 10.4. The predicted octanol–water partition coefficient (Wildman–Crippen LogP) is 6.05. The Morgan fingerprint density at radius 1 is 0.967 bits per heavy atom. The van der Waals surface area contributed by atoms with Crippen molar-refractivity contribution in [2.24, 2.45) is 0 Å². The van der Waals surface area contributed by atoms with E-state index in [1.54, 1.807) is 0 Å². The summed E-state index contributed by atoms with van der Waals surface area (Å²) in [5.74, 6) is -0.166. The second kappa shape index (κ2) is 8.46. The summed E-state index contributed by atoms with van der Waals surface area (Å²) in [6, 6.07) is 6.95. The van der Waals surface area contributed by atoms with Crippen LogP contribution in [0.5, 0.6) is 11.6 Å². The van der Waals surface area contributed by atoms with E-state index in [0.717, 1.165) is 0 Å². The number of hydrogen-bond acceptors (Lipinski definition) is 5. The van der Waals surface area contributed by atoms with Crippen molar-refractivity contribution >= 4 is 50.5 Å². The highest BCUT2D eigenvalue weighted by molar-refractivity contribution is 7.92. The van der Waals surface area contributed by atoms with Gasteiger partial charge in [0.05, 0.1) is 21.2 Å². The SMILES string of the molecule is O=S(=O)(Nc1cc(Cl)cnc1Cl)c1ccc(Oc2ncc(C(F)(F)F)cc2Cl)cc1. The van der Waals surface area contributed by atoms with Crippen LogP contribution < -0.4 is 9.46 Å². The summed E-state index contributed by atoms with van der Waals surface area (Å²) in [7, 11) is -4.03. The average molecular weight is 499 g/mol. The first-order chi connectivity index (χ1) is 14.0. The maximum atomic E-state index is 12.7. The molecule has 2 heterocycles. The molecule has 1 N–H and O–H groups in total. The largest absolute Gasteiger partial charge is 0.438 e. The molecule has 0 aliphatic rings. The number of anilines is 1.